The lowest BCUT2D eigenvalue weighted by Gasteiger charge is -2.20. The summed E-state index contributed by atoms with van der Waals surface area (Å²) in [5.41, 5.74) is 1.87. The van der Waals surface area contributed by atoms with Crippen LogP contribution in [0.25, 0.3) is 0 Å². The van der Waals surface area contributed by atoms with Gasteiger partial charge in [0.15, 0.2) is 12.4 Å². The number of rotatable bonds is 9. The first-order chi connectivity index (χ1) is 13.7. The fourth-order valence-electron chi connectivity index (χ4n) is 3.58. The molecule has 3 rings (SSSR count). The minimum absolute atomic E-state index is 0.0107. The maximum absolute atomic E-state index is 12.6. The molecule has 0 amide bonds. The second-order valence-electron chi connectivity index (χ2n) is 6.97. The largest absolute Gasteiger partial charge is 0.453 e. The van der Waals surface area contributed by atoms with E-state index in [0.29, 0.717) is 19.4 Å². The highest BCUT2D eigenvalue weighted by Gasteiger charge is 2.35. The second kappa shape index (κ2) is 10.4. The number of aliphatic hydroxyl groups excluding tert-OH is 1. The number of ether oxygens (including phenoxy) is 3. The molecule has 0 bridgehead atoms. The van der Waals surface area contributed by atoms with E-state index >= 15 is 0 Å². The second-order valence-corrected chi connectivity index (χ2v) is 6.97. The van der Waals surface area contributed by atoms with Gasteiger partial charge in [0.05, 0.1) is 6.10 Å². The van der Waals surface area contributed by atoms with Crippen LogP contribution in [0.4, 0.5) is 0 Å². The van der Waals surface area contributed by atoms with E-state index in [1.165, 1.54) is 0 Å². The molecule has 5 nitrogen and oxygen atoms in total. The molecule has 1 fully saturated rings. The zero-order valence-electron chi connectivity index (χ0n) is 16.2. The van der Waals surface area contributed by atoms with Gasteiger partial charge in [-0.2, -0.15) is 0 Å². The predicted octanol–water partition coefficient (Wildman–Crippen LogP) is 3.86. The Morgan fingerprint density at radius 2 is 1.71 bits per heavy atom. The van der Waals surface area contributed by atoms with Crippen molar-refractivity contribution in [3.63, 3.8) is 0 Å². The van der Waals surface area contributed by atoms with E-state index in [1.54, 1.807) is 0 Å². The summed E-state index contributed by atoms with van der Waals surface area (Å²) in [6.07, 6.45) is 0.454. The lowest BCUT2D eigenvalue weighted by atomic mass is 9.98. The Morgan fingerprint density at radius 1 is 1.11 bits per heavy atom. The van der Waals surface area contributed by atoms with Gasteiger partial charge in [0.1, 0.15) is 0 Å². The molecule has 1 saturated heterocycles. The number of esters is 1. The molecule has 2 aromatic carbocycles. The van der Waals surface area contributed by atoms with Crippen LogP contribution in [0.5, 0.6) is 0 Å². The summed E-state index contributed by atoms with van der Waals surface area (Å²) in [6, 6.07) is 19.5. The molecule has 0 radical (unpaired) electrons. The Bertz CT molecular complexity index is 679. The van der Waals surface area contributed by atoms with Gasteiger partial charge in [-0.15, -0.1) is 0 Å². The van der Waals surface area contributed by atoms with Gasteiger partial charge in [0, 0.05) is 32.0 Å². The maximum atomic E-state index is 12.6. The summed E-state index contributed by atoms with van der Waals surface area (Å²) in [4.78, 5) is 12.6. The monoisotopic (exact) mass is 384 g/mol. The van der Waals surface area contributed by atoms with Crippen LogP contribution in [-0.2, 0) is 19.0 Å². The highest BCUT2D eigenvalue weighted by molar-refractivity contribution is 5.70. The summed E-state index contributed by atoms with van der Waals surface area (Å²) >= 11 is 0. The minimum Gasteiger partial charge on any atom is -0.453 e. The molecule has 0 spiro atoms. The van der Waals surface area contributed by atoms with Crippen molar-refractivity contribution >= 4 is 5.97 Å². The lowest BCUT2D eigenvalue weighted by molar-refractivity contribution is -0.151. The first kappa shape index (κ1) is 20.5. The molecule has 0 aliphatic carbocycles. The molecule has 3 atom stereocenters. The molecule has 0 saturated carbocycles. The molecule has 1 aliphatic heterocycles. The molecule has 28 heavy (non-hydrogen) atoms. The van der Waals surface area contributed by atoms with Crippen LogP contribution >= 0.6 is 0 Å². The molecular formula is C23H28O5. The molecule has 0 aromatic heterocycles. The summed E-state index contributed by atoms with van der Waals surface area (Å²) < 4.78 is 17.2. The fourth-order valence-corrected chi connectivity index (χ4v) is 3.58. The molecule has 1 aliphatic rings. The van der Waals surface area contributed by atoms with Crippen molar-refractivity contribution in [2.75, 3.05) is 13.2 Å². The highest BCUT2D eigenvalue weighted by atomic mass is 16.7. The van der Waals surface area contributed by atoms with Gasteiger partial charge in [-0.05, 0) is 24.5 Å². The van der Waals surface area contributed by atoms with Gasteiger partial charge in [-0.3, -0.25) is 4.79 Å². The average molecular weight is 384 g/mol. The van der Waals surface area contributed by atoms with Crippen LogP contribution in [0.15, 0.2) is 60.7 Å². The molecule has 1 N–H and O–H groups in total. The van der Waals surface area contributed by atoms with E-state index in [4.69, 9.17) is 14.2 Å². The van der Waals surface area contributed by atoms with Crippen LogP contribution in [0.3, 0.4) is 0 Å². The summed E-state index contributed by atoms with van der Waals surface area (Å²) in [5, 5.41) is 9.58. The Kier molecular flexibility index (Phi) is 7.60. The van der Waals surface area contributed by atoms with Crippen LogP contribution in [0, 0.1) is 5.92 Å². The van der Waals surface area contributed by atoms with Crippen molar-refractivity contribution in [2.45, 2.75) is 44.7 Å². The van der Waals surface area contributed by atoms with E-state index in [-0.39, 0.29) is 37.3 Å². The number of carbonyl (C=O) groups excluding carboxylic acids is 1. The van der Waals surface area contributed by atoms with Crippen molar-refractivity contribution in [1.82, 2.24) is 0 Å². The number of carbonyl (C=O) groups is 1. The number of hydrogen-bond acceptors (Lipinski definition) is 5. The Hall–Kier alpha value is -2.21. The van der Waals surface area contributed by atoms with E-state index in [9.17, 15) is 9.90 Å². The third kappa shape index (κ3) is 5.41. The Labute approximate surface area is 166 Å². The van der Waals surface area contributed by atoms with Gasteiger partial charge in [0.2, 0.25) is 0 Å². The standard InChI is InChI=1S/C23H28O5/c1-2-26-22-15-19(16-24)20(27-22)13-14-21(25)28-23(17-9-5-3-6-10-17)18-11-7-4-8-12-18/h3-12,19-20,22-24H,2,13-16H2,1H3/t19-,20-,22-/m1/s1. The number of benzene rings is 2. The van der Waals surface area contributed by atoms with E-state index in [1.807, 2.05) is 67.6 Å². The fraction of sp³-hybridized carbons (Fsp3) is 0.435. The van der Waals surface area contributed by atoms with Crippen molar-refractivity contribution in [1.29, 1.82) is 0 Å². The summed E-state index contributed by atoms with van der Waals surface area (Å²) in [5.74, 6) is -0.291. The van der Waals surface area contributed by atoms with E-state index < -0.39 is 6.10 Å². The van der Waals surface area contributed by atoms with Crippen molar-refractivity contribution in [2.24, 2.45) is 5.92 Å². The summed E-state index contributed by atoms with van der Waals surface area (Å²) in [6.45, 7) is 2.50. The van der Waals surface area contributed by atoms with E-state index in [0.717, 1.165) is 11.1 Å². The van der Waals surface area contributed by atoms with E-state index in [2.05, 4.69) is 0 Å². The lowest BCUT2D eigenvalue weighted by Crippen LogP contribution is -2.22. The molecular weight excluding hydrogens is 356 g/mol. The highest BCUT2D eigenvalue weighted by Crippen LogP contribution is 2.31. The Morgan fingerprint density at radius 3 is 2.25 bits per heavy atom. The van der Waals surface area contributed by atoms with Gasteiger partial charge < -0.3 is 19.3 Å². The first-order valence-electron chi connectivity index (χ1n) is 9.88. The van der Waals surface area contributed by atoms with Crippen LogP contribution in [-0.4, -0.2) is 36.7 Å². The zero-order valence-corrected chi connectivity index (χ0v) is 16.2. The molecule has 150 valence electrons. The van der Waals surface area contributed by atoms with Gasteiger partial charge >= 0.3 is 5.97 Å². The van der Waals surface area contributed by atoms with Crippen LogP contribution < -0.4 is 0 Å². The third-order valence-corrected chi connectivity index (χ3v) is 5.02. The normalized spacial score (nSPS) is 21.8. The third-order valence-electron chi connectivity index (χ3n) is 5.02. The van der Waals surface area contributed by atoms with Crippen molar-refractivity contribution in [3.05, 3.63) is 71.8 Å². The molecule has 5 heteroatoms. The SMILES string of the molecule is CCO[C@H]1C[C@H](CO)[C@@H](CCC(=O)OC(c2ccccc2)c2ccccc2)O1. The van der Waals surface area contributed by atoms with Crippen LogP contribution in [0.2, 0.25) is 0 Å². The minimum atomic E-state index is -0.441. The summed E-state index contributed by atoms with van der Waals surface area (Å²) in [7, 11) is 0. The molecule has 0 unspecified atom stereocenters. The average Bonchev–Trinajstić information content (AvgIpc) is 3.14. The smallest absolute Gasteiger partial charge is 0.306 e. The zero-order chi connectivity index (χ0) is 19.8. The maximum Gasteiger partial charge on any atom is 0.306 e. The molecule has 1 heterocycles. The Balaban J connectivity index is 1.61. The van der Waals surface area contributed by atoms with Gasteiger partial charge in [-0.1, -0.05) is 60.7 Å². The first-order valence-corrected chi connectivity index (χ1v) is 9.88. The number of aliphatic hydroxyl groups is 1. The van der Waals surface area contributed by atoms with Crippen LogP contribution in [0.1, 0.15) is 43.4 Å². The molecule has 2 aromatic rings. The van der Waals surface area contributed by atoms with Gasteiger partial charge in [-0.25, -0.2) is 0 Å². The number of hydrogen-bond donors (Lipinski definition) is 1. The van der Waals surface area contributed by atoms with Crippen molar-refractivity contribution in [3.8, 4) is 0 Å². The topological polar surface area (TPSA) is 65.0 Å². The predicted molar refractivity (Wildman–Crippen MR) is 106 cm³/mol. The van der Waals surface area contributed by atoms with Crippen molar-refractivity contribution < 1.29 is 24.1 Å². The quantitative estimate of drug-likeness (QED) is 0.665. The van der Waals surface area contributed by atoms with Gasteiger partial charge in [0.25, 0.3) is 0 Å².